The predicted octanol–water partition coefficient (Wildman–Crippen LogP) is 1.34. The fourth-order valence-electron chi connectivity index (χ4n) is 2.24. The van der Waals surface area contributed by atoms with E-state index in [9.17, 15) is 0 Å². The molecule has 2 unspecified atom stereocenters. The van der Waals surface area contributed by atoms with Crippen LogP contribution in [0, 0.1) is 0 Å². The largest absolute Gasteiger partial charge is 0.378 e. The Morgan fingerprint density at radius 3 is 3.19 bits per heavy atom. The maximum Gasteiger partial charge on any atom is 0.0590 e. The molecule has 0 bridgehead atoms. The maximum absolute atomic E-state index is 6.12. The fraction of sp³-hybridized carbons (Fsp3) is 0.750. The number of aromatic nitrogens is 2. The van der Waals surface area contributed by atoms with Crippen LogP contribution in [0.4, 0.5) is 0 Å². The second-order valence-corrected chi connectivity index (χ2v) is 4.54. The van der Waals surface area contributed by atoms with Crippen molar-refractivity contribution in [3.63, 3.8) is 0 Å². The monoisotopic (exact) mass is 223 g/mol. The van der Waals surface area contributed by atoms with E-state index in [4.69, 9.17) is 10.5 Å². The van der Waals surface area contributed by atoms with Crippen molar-refractivity contribution in [1.29, 1.82) is 0 Å². The van der Waals surface area contributed by atoms with Gasteiger partial charge in [0.1, 0.15) is 0 Å². The van der Waals surface area contributed by atoms with E-state index in [1.54, 1.807) is 0 Å². The molecule has 1 saturated heterocycles. The lowest BCUT2D eigenvalue weighted by atomic mass is 10.0. The molecule has 1 aromatic rings. The average molecular weight is 223 g/mol. The molecule has 0 aromatic carbocycles. The number of nitrogens with zero attached hydrogens (tertiary/aromatic N) is 2. The van der Waals surface area contributed by atoms with E-state index in [1.807, 2.05) is 10.9 Å². The normalized spacial score (nSPS) is 22.5. The Labute approximate surface area is 96.8 Å². The van der Waals surface area contributed by atoms with E-state index in [-0.39, 0.29) is 6.04 Å². The minimum atomic E-state index is 0.192. The van der Waals surface area contributed by atoms with Crippen LogP contribution < -0.4 is 5.73 Å². The maximum atomic E-state index is 6.12. The second-order valence-electron chi connectivity index (χ2n) is 4.54. The average Bonchev–Trinajstić information content (AvgIpc) is 2.89. The van der Waals surface area contributed by atoms with Crippen LogP contribution >= 0.6 is 0 Å². The number of rotatable bonds is 5. The van der Waals surface area contributed by atoms with Crippen molar-refractivity contribution in [2.45, 2.75) is 51.3 Å². The molecule has 4 heteroatoms. The quantitative estimate of drug-likeness (QED) is 0.819. The van der Waals surface area contributed by atoms with Gasteiger partial charge in [0.25, 0.3) is 0 Å². The highest BCUT2D eigenvalue weighted by Crippen LogP contribution is 2.17. The van der Waals surface area contributed by atoms with Gasteiger partial charge in [0.2, 0.25) is 0 Å². The molecule has 0 radical (unpaired) electrons. The Balaban J connectivity index is 1.79. The zero-order valence-electron chi connectivity index (χ0n) is 9.93. The summed E-state index contributed by atoms with van der Waals surface area (Å²) in [5.41, 5.74) is 7.35. The first-order valence-electron chi connectivity index (χ1n) is 6.16. The van der Waals surface area contributed by atoms with Gasteiger partial charge in [-0.25, -0.2) is 0 Å². The second kappa shape index (κ2) is 5.46. The van der Waals surface area contributed by atoms with Crippen LogP contribution in [-0.4, -0.2) is 28.5 Å². The van der Waals surface area contributed by atoms with E-state index in [0.717, 1.165) is 26.0 Å². The fourth-order valence-corrected chi connectivity index (χ4v) is 2.24. The number of hydrogen-bond donors (Lipinski definition) is 1. The van der Waals surface area contributed by atoms with Gasteiger partial charge in [0.05, 0.1) is 12.3 Å². The highest BCUT2D eigenvalue weighted by atomic mass is 16.5. The molecule has 1 fully saturated rings. The first kappa shape index (κ1) is 11.6. The summed E-state index contributed by atoms with van der Waals surface area (Å²) in [7, 11) is 0. The van der Waals surface area contributed by atoms with Crippen molar-refractivity contribution in [3.05, 3.63) is 18.0 Å². The number of aryl methyl sites for hydroxylation is 1. The van der Waals surface area contributed by atoms with Crippen molar-refractivity contribution < 1.29 is 4.74 Å². The van der Waals surface area contributed by atoms with E-state index in [2.05, 4.69) is 18.2 Å². The lowest BCUT2D eigenvalue weighted by Crippen LogP contribution is -2.27. The number of nitrogens with two attached hydrogens (primary N) is 1. The minimum Gasteiger partial charge on any atom is -0.378 e. The molecule has 2 N–H and O–H groups in total. The van der Waals surface area contributed by atoms with Gasteiger partial charge in [0, 0.05) is 25.4 Å². The summed E-state index contributed by atoms with van der Waals surface area (Å²) >= 11 is 0. The zero-order chi connectivity index (χ0) is 11.4. The lowest BCUT2D eigenvalue weighted by Gasteiger charge is -2.15. The summed E-state index contributed by atoms with van der Waals surface area (Å²) in [6, 6.07) is 0.192. The summed E-state index contributed by atoms with van der Waals surface area (Å²) in [4.78, 5) is 0. The number of hydrogen-bond acceptors (Lipinski definition) is 3. The molecule has 0 aliphatic carbocycles. The minimum absolute atomic E-state index is 0.192. The van der Waals surface area contributed by atoms with Gasteiger partial charge in [0.15, 0.2) is 0 Å². The summed E-state index contributed by atoms with van der Waals surface area (Å²) in [6.07, 6.45) is 8.61. The Morgan fingerprint density at radius 1 is 1.69 bits per heavy atom. The molecular formula is C12H21N3O. The van der Waals surface area contributed by atoms with Gasteiger partial charge in [-0.05, 0) is 38.2 Å². The van der Waals surface area contributed by atoms with Crippen molar-refractivity contribution in [3.8, 4) is 0 Å². The Hall–Kier alpha value is -0.870. The van der Waals surface area contributed by atoms with Crippen LogP contribution in [0.2, 0.25) is 0 Å². The molecule has 1 aliphatic heterocycles. The third-order valence-corrected chi connectivity index (χ3v) is 3.10. The predicted molar refractivity (Wildman–Crippen MR) is 63.2 cm³/mol. The van der Waals surface area contributed by atoms with Crippen molar-refractivity contribution in [1.82, 2.24) is 9.78 Å². The van der Waals surface area contributed by atoms with Crippen molar-refractivity contribution in [2.24, 2.45) is 5.73 Å². The van der Waals surface area contributed by atoms with Crippen molar-refractivity contribution >= 4 is 0 Å². The summed E-state index contributed by atoms with van der Waals surface area (Å²) in [6.45, 7) is 3.91. The molecule has 2 rings (SSSR count). The molecule has 0 spiro atoms. The molecule has 2 heterocycles. The topological polar surface area (TPSA) is 53.1 Å². The van der Waals surface area contributed by atoms with Crippen LogP contribution in [0.25, 0.3) is 0 Å². The highest BCUT2D eigenvalue weighted by molar-refractivity contribution is 5.06. The number of ether oxygens (including phenoxy) is 1. The van der Waals surface area contributed by atoms with Crippen LogP contribution in [-0.2, 0) is 17.7 Å². The molecule has 0 amide bonds. The van der Waals surface area contributed by atoms with Crippen LogP contribution in [0.1, 0.15) is 31.7 Å². The van der Waals surface area contributed by atoms with E-state index in [0.29, 0.717) is 6.10 Å². The Bertz CT molecular complexity index is 318. The molecule has 16 heavy (non-hydrogen) atoms. The third kappa shape index (κ3) is 3.06. The molecular weight excluding hydrogens is 202 g/mol. The molecule has 1 aromatic heterocycles. The Morgan fingerprint density at radius 2 is 2.56 bits per heavy atom. The van der Waals surface area contributed by atoms with Gasteiger partial charge in [-0.1, -0.05) is 0 Å². The lowest BCUT2D eigenvalue weighted by molar-refractivity contribution is 0.0983. The van der Waals surface area contributed by atoms with Crippen LogP contribution in [0.15, 0.2) is 12.4 Å². The molecule has 4 nitrogen and oxygen atoms in total. The van der Waals surface area contributed by atoms with E-state index in [1.165, 1.54) is 18.4 Å². The Kier molecular flexibility index (Phi) is 3.96. The molecule has 90 valence electrons. The van der Waals surface area contributed by atoms with Crippen LogP contribution in [0.5, 0.6) is 0 Å². The van der Waals surface area contributed by atoms with Gasteiger partial charge < -0.3 is 10.5 Å². The van der Waals surface area contributed by atoms with Gasteiger partial charge in [-0.3, -0.25) is 4.68 Å². The first-order chi connectivity index (χ1) is 7.78. The zero-order valence-corrected chi connectivity index (χ0v) is 9.93. The van der Waals surface area contributed by atoms with Gasteiger partial charge in [-0.15, -0.1) is 0 Å². The first-order valence-corrected chi connectivity index (χ1v) is 6.16. The SMILES string of the molecule is CCn1cc(CC(N)CC2CCCO2)cn1. The van der Waals surface area contributed by atoms with Gasteiger partial charge >= 0.3 is 0 Å². The third-order valence-electron chi connectivity index (χ3n) is 3.10. The summed E-state index contributed by atoms with van der Waals surface area (Å²) in [5, 5.41) is 4.25. The van der Waals surface area contributed by atoms with E-state index < -0.39 is 0 Å². The molecule has 2 atom stereocenters. The van der Waals surface area contributed by atoms with Crippen molar-refractivity contribution in [2.75, 3.05) is 6.61 Å². The highest BCUT2D eigenvalue weighted by Gasteiger charge is 2.19. The van der Waals surface area contributed by atoms with Crippen LogP contribution in [0.3, 0.4) is 0 Å². The van der Waals surface area contributed by atoms with Gasteiger partial charge in [-0.2, -0.15) is 5.10 Å². The smallest absolute Gasteiger partial charge is 0.0590 e. The summed E-state index contributed by atoms with van der Waals surface area (Å²) in [5.74, 6) is 0. The van der Waals surface area contributed by atoms with E-state index >= 15 is 0 Å². The standard InChI is InChI=1S/C12H21N3O/c1-2-15-9-10(8-14-15)6-11(13)7-12-4-3-5-16-12/h8-9,11-12H,2-7,13H2,1H3. The summed E-state index contributed by atoms with van der Waals surface area (Å²) < 4.78 is 7.53. The molecule has 1 aliphatic rings. The molecule has 0 saturated carbocycles.